The highest BCUT2D eigenvalue weighted by molar-refractivity contribution is 6.33. The van der Waals surface area contributed by atoms with Crippen LogP contribution in [0.1, 0.15) is 23.7 Å². The highest BCUT2D eigenvalue weighted by atomic mass is 35.5. The number of nitro benzene ring substituents is 1. The largest absolute Gasteiger partial charge is 0.356 e. The summed E-state index contributed by atoms with van der Waals surface area (Å²) in [7, 11) is 0. The average molecular weight is 300 g/mol. The Morgan fingerprint density at radius 2 is 2.05 bits per heavy atom. The lowest BCUT2D eigenvalue weighted by Gasteiger charge is -2.06. The zero-order valence-electron chi connectivity index (χ0n) is 10.8. The standard InChI is InChI=1S/C12H14ClN3O4/c1-2-14-11(17)5-6-15-12(18)8-3-4-10(16(19)20)9(13)7-8/h3-4,7H,2,5-6H2,1H3,(H,14,17)(H,15,18). The van der Waals surface area contributed by atoms with Crippen molar-refractivity contribution in [3.05, 3.63) is 38.9 Å². The van der Waals surface area contributed by atoms with Gasteiger partial charge in [0.1, 0.15) is 5.02 Å². The third kappa shape index (κ3) is 4.51. The van der Waals surface area contributed by atoms with Gasteiger partial charge in [-0.3, -0.25) is 19.7 Å². The first-order valence-electron chi connectivity index (χ1n) is 5.94. The minimum Gasteiger partial charge on any atom is -0.356 e. The summed E-state index contributed by atoms with van der Waals surface area (Å²) >= 11 is 5.71. The Balaban J connectivity index is 2.58. The number of halogens is 1. The predicted molar refractivity (Wildman–Crippen MR) is 73.7 cm³/mol. The molecule has 0 unspecified atom stereocenters. The maximum absolute atomic E-state index is 11.7. The molecule has 0 heterocycles. The molecule has 1 aromatic carbocycles. The molecule has 0 saturated carbocycles. The summed E-state index contributed by atoms with van der Waals surface area (Å²) in [6, 6.07) is 3.70. The van der Waals surface area contributed by atoms with Crippen molar-refractivity contribution in [2.24, 2.45) is 0 Å². The molecular weight excluding hydrogens is 286 g/mol. The van der Waals surface area contributed by atoms with Gasteiger partial charge in [0.05, 0.1) is 4.92 Å². The van der Waals surface area contributed by atoms with Crippen LogP contribution < -0.4 is 10.6 Å². The van der Waals surface area contributed by atoms with Gasteiger partial charge in [0.15, 0.2) is 0 Å². The zero-order valence-corrected chi connectivity index (χ0v) is 11.6. The van der Waals surface area contributed by atoms with Gasteiger partial charge in [0.25, 0.3) is 11.6 Å². The number of amides is 2. The second kappa shape index (κ2) is 7.44. The zero-order chi connectivity index (χ0) is 15.1. The highest BCUT2D eigenvalue weighted by Gasteiger charge is 2.15. The fourth-order valence-corrected chi connectivity index (χ4v) is 1.72. The van der Waals surface area contributed by atoms with E-state index in [0.717, 1.165) is 0 Å². The van der Waals surface area contributed by atoms with Crippen molar-refractivity contribution in [2.75, 3.05) is 13.1 Å². The van der Waals surface area contributed by atoms with Gasteiger partial charge in [-0.2, -0.15) is 0 Å². The molecule has 0 fully saturated rings. The minimum atomic E-state index is -0.626. The van der Waals surface area contributed by atoms with Crippen LogP contribution in [0.3, 0.4) is 0 Å². The van der Waals surface area contributed by atoms with Crippen LogP contribution in [0.25, 0.3) is 0 Å². The van der Waals surface area contributed by atoms with E-state index in [1.54, 1.807) is 6.92 Å². The predicted octanol–water partition coefficient (Wildman–Crippen LogP) is 1.50. The molecule has 1 aromatic rings. The Kier molecular flexibility index (Phi) is 5.92. The first-order valence-corrected chi connectivity index (χ1v) is 6.32. The third-order valence-electron chi connectivity index (χ3n) is 2.42. The van der Waals surface area contributed by atoms with Crippen molar-refractivity contribution >= 4 is 29.1 Å². The molecule has 0 saturated heterocycles. The van der Waals surface area contributed by atoms with E-state index in [1.165, 1.54) is 18.2 Å². The van der Waals surface area contributed by atoms with Crippen LogP contribution in [0.2, 0.25) is 5.02 Å². The van der Waals surface area contributed by atoms with Crippen molar-refractivity contribution in [1.29, 1.82) is 0 Å². The van der Waals surface area contributed by atoms with E-state index in [9.17, 15) is 19.7 Å². The molecule has 2 amide bonds. The molecule has 0 atom stereocenters. The fourth-order valence-electron chi connectivity index (χ4n) is 1.47. The maximum atomic E-state index is 11.7. The van der Waals surface area contributed by atoms with Gasteiger partial charge in [-0.25, -0.2) is 0 Å². The van der Waals surface area contributed by atoms with E-state index in [-0.39, 0.29) is 35.1 Å². The number of carbonyl (C=O) groups excluding carboxylic acids is 2. The smallest absolute Gasteiger partial charge is 0.287 e. The van der Waals surface area contributed by atoms with Gasteiger partial charge in [-0.15, -0.1) is 0 Å². The number of benzene rings is 1. The number of hydrogen-bond donors (Lipinski definition) is 2. The van der Waals surface area contributed by atoms with Crippen LogP contribution in [0, 0.1) is 10.1 Å². The van der Waals surface area contributed by atoms with Gasteiger partial charge >= 0.3 is 0 Å². The molecule has 0 spiro atoms. The Morgan fingerprint density at radius 1 is 1.35 bits per heavy atom. The van der Waals surface area contributed by atoms with E-state index in [0.29, 0.717) is 6.54 Å². The van der Waals surface area contributed by atoms with E-state index >= 15 is 0 Å². The number of nitro groups is 1. The van der Waals surface area contributed by atoms with Crippen LogP contribution in [-0.4, -0.2) is 29.8 Å². The van der Waals surface area contributed by atoms with Crippen LogP contribution >= 0.6 is 11.6 Å². The quantitative estimate of drug-likeness (QED) is 0.614. The Morgan fingerprint density at radius 3 is 2.60 bits per heavy atom. The van der Waals surface area contributed by atoms with E-state index in [2.05, 4.69) is 10.6 Å². The van der Waals surface area contributed by atoms with Gasteiger partial charge in [0.2, 0.25) is 5.91 Å². The summed E-state index contributed by atoms with van der Waals surface area (Å²) in [5.41, 5.74) is -0.0537. The third-order valence-corrected chi connectivity index (χ3v) is 2.72. The summed E-state index contributed by atoms with van der Waals surface area (Å²) in [6.45, 7) is 2.51. The van der Waals surface area contributed by atoms with Crippen molar-refractivity contribution in [2.45, 2.75) is 13.3 Å². The van der Waals surface area contributed by atoms with E-state index in [4.69, 9.17) is 11.6 Å². The van der Waals surface area contributed by atoms with Gasteiger partial charge in [-0.1, -0.05) is 11.6 Å². The monoisotopic (exact) mass is 299 g/mol. The van der Waals surface area contributed by atoms with E-state index < -0.39 is 10.8 Å². The molecule has 8 heteroatoms. The number of nitrogens with one attached hydrogen (secondary N) is 2. The second-order valence-electron chi connectivity index (χ2n) is 3.88. The van der Waals surface area contributed by atoms with Gasteiger partial charge in [-0.05, 0) is 19.1 Å². The molecule has 0 aliphatic rings. The summed E-state index contributed by atoms with van der Waals surface area (Å²) < 4.78 is 0. The Hall–Kier alpha value is -2.15. The number of rotatable bonds is 6. The lowest BCUT2D eigenvalue weighted by atomic mass is 10.2. The number of carbonyl (C=O) groups is 2. The van der Waals surface area contributed by atoms with Crippen molar-refractivity contribution in [3.63, 3.8) is 0 Å². The molecule has 20 heavy (non-hydrogen) atoms. The highest BCUT2D eigenvalue weighted by Crippen LogP contribution is 2.24. The first kappa shape index (κ1) is 15.9. The van der Waals surface area contributed by atoms with E-state index in [1.807, 2.05) is 0 Å². The average Bonchev–Trinajstić information content (AvgIpc) is 2.38. The van der Waals surface area contributed by atoms with Crippen LogP contribution in [0.5, 0.6) is 0 Å². The summed E-state index contributed by atoms with van der Waals surface area (Å²) in [6.07, 6.45) is 0.167. The molecule has 2 N–H and O–H groups in total. The fraction of sp³-hybridized carbons (Fsp3) is 0.333. The van der Waals surface area contributed by atoms with Crippen LogP contribution in [-0.2, 0) is 4.79 Å². The maximum Gasteiger partial charge on any atom is 0.287 e. The lowest BCUT2D eigenvalue weighted by molar-refractivity contribution is -0.384. The molecule has 0 aliphatic heterocycles. The summed E-state index contributed by atoms with van der Waals surface area (Å²) in [5.74, 6) is -0.597. The Labute approximate surface area is 120 Å². The minimum absolute atomic E-state index is 0.105. The van der Waals surface area contributed by atoms with Gasteiger partial charge < -0.3 is 10.6 Å². The molecule has 7 nitrogen and oxygen atoms in total. The second-order valence-corrected chi connectivity index (χ2v) is 4.29. The van der Waals surface area contributed by atoms with Crippen LogP contribution in [0.4, 0.5) is 5.69 Å². The summed E-state index contributed by atoms with van der Waals surface area (Å²) in [4.78, 5) is 32.9. The lowest BCUT2D eigenvalue weighted by Crippen LogP contribution is -2.30. The van der Waals surface area contributed by atoms with Crippen molar-refractivity contribution in [1.82, 2.24) is 10.6 Å². The molecule has 108 valence electrons. The summed E-state index contributed by atoms with van der Waals surface area (Å²) in [5, 5.41) is 15.6. The molecule has 0 aliphatic carbocycles. The molecule has 0 bridgehead atoms. The van der Waals surface area contributed by atoms with Gasteiger partial charge in [0, 0.05) is 31.1 Å². The topological polar surface area (TPSA) is 101 Å². The van der Waals surface area contributed by atoms with Crippen molar-refractivity contribution in [3.8, 4) is 0 Å². The SMILES string of the molecule is CCNC(=O)CCNC(=O)c1ccc([N+](=O)[O-])c(Cl)c1. The van der Waals surface area contributed by atoms with Crippen molar-refractivity contribution < 1.29 is 14.5 Å². The molecule has 0 aromatic heterocycles. The number of nitrogens with zero attached hydrogens (tertiary/aromatic N) is 1. The first-order chi connectivity index (χ1) is 9.45. The molecule has 1 rings (SSSR count). The number of hydrogen-bond acceptors (Lipinski definition) is 4. The van der Waals surface area contributed by atoms with Crippen LogP contribution in [0.15, 0.2) is 18.2 Å². The molecular formula is C12H14ClN3O4. The molecule has 0 radical (unpaired) electrons. The Bertz CT molecular complexity index is 533. The normalized spacial score (nSPS) is 9.90.